The Morgan fingerprint density at radius 3 is 2.08 bits per heavy atom. The molecule has 7 heteroatoms. The Labute approximate surface area is 78.9 Å². The van der Waals surface area contributed by atoms with Gasteiger partial charge in [-0.15, -0.1) is 12.6 Å². The van der Waals surface area contributed by atoms with E-state index in [9.17, 15) is 14.4 Å². The quantitative estimate of drug-likeness (QED) is 0.323. The van der Waals surface area contributed by atoms with Crippen LogP contribution in [0.25, 0.3) is 0 Å². The lowest BCUT2D eigenvalue weighted by Crippen LogP contribution is -2.44. The highest BCUT2D eigenvalue weighted by Gasteiger charge is 2.46. The van der Waals surface area contributed by atoms with Crippen LogP contribution < -0.4 is 0 Å². The molecular weight excluding hydrogens is 200 g/mol. The molecular formula is C6H8O6S. The molecule has 0 fully saturated rings. The lowest BCUT2D eigenvalue weighted by Gasteiger charge is -2.17. The molecule has 0 saturated carbocycles. The van der Waals surface area contributed by atoms with Gasteiger partial charge in [0, 0.05) is 0 Å². The molecule has 0 spiro atoms. The Hall–Kier alpha value is -1.24. The fourth-order valence-electron chi connectivity index (χ4n) is 0.623. The third-order valence-corrected chi connectivity index (χ3v) is 1.82. The van der Waals surface area contributed by atoms with Gasteiger partial charge < -0.3 is 14.9 Å². The summed E-state index contributed by atoms with van der Waals surface area (Å²) in [7, 11) is 0.956. The Balaban J connectivity index is 4.83. The van der Waals surface area contributed by atoms with Crippen LogP contribution in [0.15, 0.2) is 0 Å². The minimum atomic E-state index is -2.32. The number of methoxy groups -OCH3 is 1. The summed E-state index contributed by atoms with van der Waals surface area (Å²) >= 11 is 3.47. The molecule has 0 rings (SSSR count). The average Bonchev–Trinajstić information content (AvgIpc) is 2.01. The molecule has 0 bridgehead atoms. The summed E-state index contributed by atoms with van der Waals surface area (Å²) < 4.78 is 1.80. The van der Waals surface area contributed by atoms with Crippen molar-refractivity contribution in [2.75, 3.05) is 7.11 Å². The van der Waals surface area contributed by atoms with E-state index in [4.69, 9.17) is 10.2 Å². The molecule has 1 unspecified atom stereocenters. The summed E-state index contributed by atoms with van der Waals surface area (Å²) in [6.45, 7) is 0. The van der Waals surface area contributed by atoms with E-state index in [-0.39, 0.29) is 0 Å². The van der Waals surface area contributed by atoms with Gasteiger partial charge in [0.15, 0.2) is 0 Å². The van der Waals surface area contributed by atoms with Crippen LogP contribution in [0.5, 0.6) is 0 Å². The number of hydrogen-bond donors (Lipinski definition) is 3. The van der Waals surface area contributed by atoms with Crippen molar-refractivity contribution in [2.45, 2.75) is 11.2 Å². The number of thiol groups is 1. The van der Waals surface area contributed by atoms with Crippen LogP contribution in [0.4, 0.5) is 0 Å². The topological polar surface area (TPSA) is 101 Å². The molecule has 0 saturated heterocycles. The van der Waals surface area contributed by atoms with Crippen molar-refractivity contribution in [1.29, 1.82) is 0 Å². The van der Waals surface area contributed by atoms with Gasteiger partial charge >= 0.3 is 17.9 Å². The lowest BCUT2D eigenvalue weighted by atomic mass is 10.1. The van der Waals surface area contributed by atoms with Gasteiger partial charge in [-0.05, 0) is 0 Å². The monoisotopic (exact) mass is 208 g/mol. The second kappa shape index (κ2) is 4.13. The molecule has 0 aromatic heterocycles. The minimum Gasteiger partial charge on any atom is -0.481 e. The van der Waals surface area contributed by atoms with Crippen molar-refractivity contribution in [3.05, 3.63) is 0 Å². The largest absolute Gasteiger partial charge is 0.481 e. The van der Waals surface area contributed by atoms with E-state index in [2.05, 4.69) is 17.4 Å². The van der Waals surface area contributed by atoms with Crippen LogP contribution in [0.2, 0.25) is 0 Å². The van der Waals surface area contributed by atoms with Crippen LogP contribution >= 0.6 is 12.6 Å². The zero-order valence-electron chi connectivity index (χ0n) is 6.68. The molecule has 0 aromatic carbocycles. The van der Waals surface area contributed by atoms with E-state index in [1.807, 2.05) is 0 Å². The van der Waals surface area contributed by atoms with Crippen LogP contribution in [-0.4, -0.2) is 40.0 Å². The first-order valence-corrected chi connectivity index (χ1v) is 3.55. The molecule has 2 N–H and O–H groups in total. The van der Waals surface area contributed by atoms with Crippen LogP contribution in [0, 0.1) is 0 Å². The maximum Gasteiger partial charge on any atom is 0.333 e. The van der Waals surface area contributed by atoms with Crippen molar-refractivity contribution < 1.29 is 29.3 Å². The van der Waals surface area contributed by atoms with E-state index in [0.717, 1.165) is 7.11 Å². The molecule has 6 nitrogen and oxygen atoms in total. The summed E-state index contributed by atoms with van der Waals surface area (Å²) in [5, 5.41) is 16.9. The molecule has 0 aliphatic heterocycles. The van der Waals surface area contributed by atoms with Crippen molar-refractivity contribution >= 4 is 30.5 Å². The molecule has 0 radical (unpaired) electrons. The highest BCUT2D eigenvalue weighted by atomic mass is 32.1. The number of hydrogen-bond acceptors (Lipinski definition) is 5. The Bertz CT molecular complexity index is 250. The van der Waals surface area contributed by atoms with Crippen LogP contribution in [0.1, 0.15) is 6.42 Å². The number of carbonyl (C=O) groups excluding carboxylic acids is 1. The summed E-state index contributed by atoms with van der Waals surface area (Å²) in [4.78, 5) is 31.6. The summed E-state index contributed by atoms with van der Waals surface area (Å²) in [5.41, 5.74) is 0. The molecule has 0 aliphatic carbocycles. The van der Waals surface area contributed by atoms with Crippen molar-refractivity contribution in [1.82, 2.24) is 0 Å². The molecule has 0 aromatic rings. The highest BCUT2D eigenvalue weighted by Crippen LogP contribution is 2.21. The number of aliphatic carboxylic acids is 2. The first-order valence-electron chi connectivity index (χ1n) is 3.10. The van der Waals surface area contributed by atoms with Crippen LogP contribution in [0.3, 0.4) is 0 Å². The molecule has 0 amide bonds. The van der Waals surface area contributed by atoms with Crippen molar-refractivity contribution in [3.63, 3.8) is 0 Å². The van der Waals surface area contributed by atoms with E-state index >= 15 is 0 Å². The molecule has 0 heterocycles. The Morgan fingerprint density at radius 1 is 1.38 bits per heavy atom. The second-order valence-electron chi connectivity index (χ2n) is 2.23. The SMILES string of the molecule is COC(=O)C(S)(CC(=O)O)C(=O)O. The maximum atomic E-state index is 10.9. The first kappa shape index (κ1) is 11.8. The standard InChI is InChI=1S/C6H8O6S/c1-12-5(11)6(13,4(9)10)2-3(7)8/h13H,2H2,1H3,(H,7,8)(H,9,10). The van der Waals surface area contributed by atoms with Gasteiger partial charge in [-0.1, -0.05) is 0 Å². The predicted octanol–water partition coefficient (Wildman–Crippen LogP) is -0.613. The molecule has 74 valence electrons. The normalized spacial score (nSPS) is 14.3. The van der Waals surface area contributed by atoms with Crippen LogP contribution in [-0.2, 0) is 19.1 Å². The smallest absolute Gasteiger partial charge is 0.333 e. The van der Waals surface area contributed by atoms with E-state index in [1.54, 1.807) is 0 Å². The Morgan fingerprint density at radius 2 is 1.85 bits per heavy atom. The number of carboxylic acids is 2. The third-order valence-electron chi connectivity index (χ3n) is 1.28. The number of carboxylic acid groups (broad SMARTS) is 2. The van der Waals surface area contributed by atoms with Crippen molar-refractivity contribution in [3.8, 4) is 0 Å². The highest BCUT2D eigenvalue weighted by molar-refractivity contribution is 7.83. The number of carbonyl (C=O) groups is 3. The second-order valence-corrected chi connectivity index (χ2v) is 2.99. The maximum absolute atomic E-state index is 10.9. The van der Waals surface area contributed by atoms with Gasteiger partial charge in [0.25, 0.3) is 0 Å². The fraction of sp³-hybridized carbons (Fsp3) is 0.500. The molecule has 13 heavy (non-hydrogen) atoms. The van der Waals surface area contributed by atoms with E-state index in [1.165, 1.54) is 0 Å². The predicted molar refractivity (Wildman–Crippen MR) is 43.6 cm³/mol. The first-order chi connectivity index (χ1) is 5.84. The third kappa shape index (κ3) is 2.62. The fourth-order valence-corrected chi connectivity index (χ4v) is 0.849. The van der Waals surface area contributed by atoms with Crippen molar-refractivity contribution in [2.24, 2.45) is 0 Å². The zero-order chi connectivity index (χ0) is 10.6. The van der Waals surface area contributed by atoms with Gasteiger partial charge in [-0.2, -0.15) is 0 Å². The lowest BCUT2D eigenvalue weighted by molar-refractivity contribution is -0.158. The van der Waals surface area contributed by atoms with Gasteiger partial charge in [0.2, 0.25) is 4.75 Å². The van der Waals surface area contributed by atoms with E-state index in [0.29, 0.717) is 0 Å². The number of esters is 1. The molecule has 0 aliphatic rings. The minimum absolute atomic E-state index is 0.932. The zero-order valence-corrected chi connectivity index (χ0v) is 7.58. The number of rotatable bonds is 4. The number of ether oxygens (including phenoxy) is 1. The summed E-state index contributed by atoms with van der Waals surface area (Å²) in [5.74, 6) is -4.29. The average molecular weight is 208 g/mol. The van der Waals surface area contributed by atoms with Gasteiger partial charge in [0.05, 0.1) is 13.5 Å². The summed E-state index contributed by atoms with van der Waals surface area (Å²) in [6, 6.07) is 0. The van der Waals surface area contributed by atoms with Gasteiger partial charge in [-0.3, -0.25) is 9.59 Å². The van der Waals surface area contributed by atoms with E-state index < -0.39 is 29.1 Å². The molecule has 1 atom stereocenters. The summed E-state index contributed by atoms with van der Waals surface area (Å²) in [6.07, 6.45) is -0.932. The van der Waals surface area contributed by atoms with Gasteiger partial charge in [-0.25, -0.2) is 4.79 Å². The van der Waals surface area contributed by atoms with Gasteiger partial charge in [0.1, 0.15) is 0 Å². The Kier molecular flexibility index (Phi) is 3.73.